The van der Waals surface area contributed by atoms with Crippen molar-refractivity contribution < 1.29 is 9.18 Å². The van der Waals surface area contributed by atoms with E-state index in [2.05, 4.69) is 21.0 Å². The van der Waals surface area contributed by atoms with Crippen molar-refractivity contribution in [3.63, 3.8) is 0 Å². The quantitative estimate of drug-likeness (QED) is 0.575. The number of thioether (sulfide) groups is 1. The Morgan fingerprint density at radius 3 is 2.90 bits per heavy atom. The smallest absolute Gasteiger partial charge is 0.192 e. The van der Waals surface area contributed by atoms with Gasteiger partial charge in [0.2, 0.25) is 0 Å². The van der Waals surface area contributed by atoms with Gasteiger partial charge in [-0.25, -0.2) is 4.39 Å². The molecule has 0 amide bonds. The van der Waals surface area contributed by atoms with Gasteiger partial charge in [0.25, 0.3) is 0 Å². The van der Waals surface area contributed by atoms with E-state index < -0.39 is 0 Å². The van der Waals surface area contributed by atoms with E-state index in [9.17, 15) is 9.18 Å². The summed E-state index contributed by atoms with van der Waals surface area (Å²) < 4.78 is 15.9. The molecule has 1 aromatic carbocycles. The Labute approximate surface area is 129 Å². The summed E-state index contributed by atoms with van der Waals surface area (Å²) in [5.74, 6) is -0.169. The normalized spacial score (nSPS) is 10.8. The number of rotatable bonds is 6. The highest BCUT2D eigenvalue weighted by atomic mass is 79.9. The highest BCUT2D eigenvalue weighted by Gasteiger charge is 2.17. The van der Waals surface area contributed by atoms with Gasteiger partial charge in [0, 0.05) is 11.4 Å². The average molecular weight is 357 g/mol. The maximum Gasteiger partial charge on any atom is 0.192 e. The minimum absolute atomic E-state index is 0.0592. The molecular formula is C14H14BrFN2OS. The third-order valence-electron chi connectivity index (χ3n) is 2.69. The number of benzene rings is 1. The molecule has 0 aliphatic heterocycles. The summed E-state index contributed by atoms with van der Waals surface area (Å²) in [5.41, 5.74) is 0.552. The molecule has 0 aliphatic carbocycles. The summed E-state index contributed by atoms with van der Waals surface area (Å²) in [6.45, 7) is 2.72. The van der Waals surface area contributed by atoms with Crippen LogP contribution in [0.5, 0.6) is 0 Å². The fourth-order valence-electron chi connectivity index (χ4n) is 1.79. The van der Waals surface area contributed by atoms with Crippen molar-refractivity contribution in [1.29, 1.82) is 0 Å². The molecule has 2 aromatic rings. The second-order valence-corrected chi connectivity index (χ2v) is 6.08. The molecule has 0 atom stereocenters. The molecule has 3 nitrogen and oxygen atoms in total. The fourth-order valence-corrected chi connectivity index (χ4v) is 3.12. The van der Waals surface area contributed by atoms with Crippen LogP contribution in [0.1, 0.15) is 23.8 Å². The second-order valence-electron chi connectivity index (χ2n) is 4.21. The highest BCUT2D eigenvalue weighted by molar-refractivity contribution is 9.10. The molecule has 0 spiro atoms. The number of aryl methyl sites for hydroxylation is 1. The van der Waals surface area contributed by atoms with Crippen molar-refractivity contribution in [3.05, 3.63) is 46.4 Å². The molecule has 1 heterocycles. The number of halogens is 2. The molecular weight excluding hydrogens is 343 g/mol. The molecule has 20 heavy (non-hydrogen) atoms. The van der Waals surface area contributed by atoms with Crippen molar-refractivity contribution in [2.45, 2.75) is 24.8 Å². The maximum atomic E-state index is 13.5. The monoisotopic (exact) mass is 356 g/mol. The van der Waals surface area contributed by atoms with Gasteiger partial charge in [0.15, 0.2) is 5.78 Å². The predicted octanol–water partition coefficient (Wildman–Crippen LogP) is 4.17. The summed E-state index contributed by atoms with van der Waals surface area (Å²) in [6, 6.07) is 6.46. The first kappa shape index (κ1) is 15.3. The van der Waals surface area contributed by atoms with Gasteiger partial charge in [-0.2, -0.15) is 5.10 Å². The molecule has 0 radical (unpaired) electrons. The first-order valence-corrected chi connectivity index (χ1v) is 8.03. The Kier molecular flexibility index (Phi) is 5.37. The van der Waals surface area contributed by atoms with Crippen LogP contribution in [0.3, 0.4) is 0 Å². The van der Waals surface area contributed by atoms with Crippen LogP contribution in [-0.2, 0) is 6.54 Å². The number of hydrogen-bond acceptors (Lipinski definition) is 3. The van der Waals surface area contributed by atoms with Crippen molar-refractivity contribution >= 4 is 33.5 Å². The molecule has 106 valence electrons. The molecule has 0 saturated heterocycles. The summed E-state index contributed by atoms with van der Waals surface area (Å²) in [4.78, 5) is 12.8. The lowest BCUT2D eigenvalue weighted by atomic mass is 10.3. The molecule has 2 rings (SSSR count). The van der Waals surface area contributed by atoms with Crippen LogP contribution in [0.2, 0.25) is 0 Å². The van der Waals surface area contributed by atoms with Gasteiger partial charge in [-0.1, -0.05) is 19.1 Å². The van der Waals surface area contributed by atoms with Gasteiger partial charge in [-0.15, -0.1) is 11.8 Å². The topological polar surface area (TPSA) is 34.9 Å². The Bertz CT molecular complexity index is 615. The number of Topliss-reactive ketones (excluding diaryl/α,β-unsaturated/α-hetero) is 1. The fraction of sp³-hybridized carbons (Fsp3) is 0.286. The van der Waals surface area contributed by atoms with Crippen LogP contribution < -0.4 is 0 Å². The van der Waals surface area contributed by atoms with Gasteiger partial charge in [0.05, 0.1) is 16.4 Å². The van der Waals surface area contributed by atoms with Crippen molar-refractivity contribution in [3.8, 4) is 0 Å². The Morgan fingerprint density at radius 2 is 2.20 bits per heavy atom. The van der Waals surface area contributed by atoms with E-state index in [4.69, 9.17) is 0 Å². The van der Waals surface area contributed by atoms with Gasteiger partial charge in [0.1, 0.15) is 11.5 Å². The number of nitrogens with zero attached hydrogens (tertiary/aromatic N) is 2. The number of carbonyl (C=O) groups is 1. The van der Waals surface area contributed by atoms with E-state index in [1.165, 1.54) is 17.8 Å². The Morgan fingerprint density at radius 1 is 1.45 bits per heavy atom. The molecule has 0 N–H and O–H groups in total. The van der Waals surface area contributed by atoms with E-state index in [0.717, 1.165) is 6.42 Å². The van der Waals surface area contributed by atoms with Crippen LogP contribution in [-0.4, -0.2) is 21.3 Å². The minimum Gasteiger partial charge on any atom is -0.291 e. The van der Waals surface area contributed by atoms with Gasteiger partial charge in [-0.05, 0) is 34.5 Å². The molecule has 0 aliphatic rings. The average Bonchev–Trinajstić information content (AvgIpc) is 2.79. The lowest BCUT2D eigenvalue weighted by Gasteiger charge is -2.06. The second kappa shape index (κ2) is 7.04. The van der Waals surface area contributed by atoms with E-state index in [1.807, 2.05) is 6.92 Å². The van der Waals surface area contributed by atoms with Gasteiger partial charge in [-0.3, -0.25) is 9.48 Å². The highest BCUT2D eigenvalue weighted by Crippen LogP contribution is 2.24. The van der Waals surface area contributed by atoms with Crippen molar-refractivity contribution in [2.24, 2.45) is 0 Å². The first-order valence-electron chi connectivity index (χ1n) is 6.25. The van der Waals surface area contributed by atoms with E-state index in [0.29, 0.717) is 21.6 Å². The number of carbonyl (C=O) groups excluding carboxylic acids is 1. The van der Waals surface area contributed by atoms with E-state index >= 15 is 0 Å². The van der Waals surface area contributed by atoms with Crippen molar-refractivity contribution in [2.75, 3.05) is 5.75 Å². The molecule has 6 heteroatoms. The summed E-state index contributed by atoms with van der Waals surface area (Å²) >= 11 is 4.54. The molecule has 1 aromatic heterocycles. The molecule has 0 bridgehead atoms. The van der Waals surface area contributed by atoms with Gasteiger partial charge < -0.3 is 0 Å². The zero-order chi connectivity index (χ0) is 14.5. The lowest BCUT2D eigenvalue weighted by molar-refractivity contribution is 0.101. The predicted molar refractivity (Wildman–Crippen MR) is 81.7 cm³/mol. The Hall–Kier alpha value is -1.14. The number of ketones is 1. The van der Waals surface area contributed by atoms with E-state index in [1.54, 1.807) is 29.1 Å². The van der Waals surface area contributed by atoms with Crippen LogP contribution in [0, 0.1) is 5.82 Å². The summed E-state index contributed by atoms with van der Waals surface area (Å²) in [6.07, 6.45) is 2.52. The molecule has 0 unspecified atom stereocenters. The van der Waals surface area contributed by atoms with E-state index in [-0.39, 0.29) is 17.4 Å². The van der Waals surface area contributed by atoms with Crippen LogP contribution >= 0.6 is 27.7 Å². The minimum atomic E-state index is -0.300. The molecule has 0 saturated carbocycles. The number of hydrogen-bond donors (Lipinski definition) is 0. The maximum absolute atomic E-state index is 13.5. The number of aromatic nitrogens is 2. The summed E-state index contributed by atoms with van der Waals surface area (Å²) in [7, 11) is 0. The third-order valence-corrected chi connectivity index (χ3v) is 4.32. The largest absolute Gasteiger partial charge is 0.291 e. The Balaban J connectivity index is 2.09. The molecule has 0 fully saturated rings. The summed E-state index contributed by atoms with van der Waals surface area (Å²) in [5, 5.41) is 4.16. The van der Waals surface area contributed by atoms with Crippen LogP contribution in [0.25, 0.3) is 0 Å². The van der Waals surface area contributed by atoms with Crippen LogP contribution in [0.4, 0.5) is 4.39 Å². The third kappa shape index (κ3) is 3.49. The van der Waals surface area contributed by atoms with Crippen molar-refractivity contribution in [1.82, 2.24) is 9.78 Å². The zero-order valence-corrected chi connectivity index (χ0v) is 13.4. The zero-order valence-electron chi connectivity index (χ0n) is 11.0. The van der Waals surface area contributed by atoms with Crippen LogP contribution in [0.15, 0.2) is 39.8 Å². The SMILES string of the molecule is CCCn1ncc(Br)c1C(=O)CSc1ccccc1F. The standard InChI is InChI=1S/C14H14BrFN2OS/c1-2-7-18-14(10(15)8-17-18)12(19)9-20-13-6-4-3-5-11(13)16/h3-6,8H,2,7,9H2,1H3. The lowest BCUT2D eigenvalue weighted by Crippen LogP contribution is -2.13. The first-order chi connectivity index (χ1) is 9.63. The van der Waals surface area contributed by atoms with Gasteiger partial charge >= 0.3 is 0 Å².